The molecular formula is C12H22N2O6S2. The van der Waals surface area contributed by atoms with Crippen molar-refractivity contribution < 1.29 is 26.4 Å². The zero-order chi connectivity index (χ0) is 16.4. The molecule has 0 aromatic carbocycles. The summed E-state index contributed by atoms with van der Waals surface area (Å²) < 4.78 is 53.1. The molecule has 2 heterocycles. The average Bonchev–Trinajstić information content (AvgIpc) is 3.01. The number of carbonyl (C=O) groups excluding carboxylic acids is 1. The minimum absolute atomic E-state index is 0.0255. The van der Waals surface area contributed by atoms with E-state index in [0.29, 0.717) is 13.2 Å². The highest BCUT2D eigenvalue weighted by Gasteiger charge is 2.37. The number of sulfonamides is 1. The van der Waals surface area contributed by atoms with Gasteiger partial charge in [-0.15, -0.1) is 0 Å². The molecule has 1 N–H and O–H groups in total. The molecule has 0 radical (unpaired) electrons. The number of ether oxygens (including phenoxy) is 1. The van der Waals surface area contributed by atoms with Gasteiger partial charge >= 0.3 is 0 Å². The largest absolute Gasteiger partial charge is 0.376 e. The summed E-state index contributed by atoms with van der Waals surface area (Å²) in [6.45, 7) is 0.668. The van der Waals surface area contributed by atoms with Gasteiger partial charge in [0.1, 0.15) is 0 Å². The topological polar surface area (TPSA) is 110 Å². The van der Waals surface area contributed by atoms with E-state index in [9.17, 15) is 21.6 Å². The van der Waals surface area contributed by atoms with Gasteiger partial charge in [0, 0.05) is 19.2 Å². The lowest BCUT2D eigenvalue weighted by molar-refractivity contribution is -0.122. The fourth-order valence-electron chi connectivity index (χ4n) is 2.75. The summed E-state index contributed by atoms with van der Waals surface area (Å²) in [6, 6.07) is -0.659. The van der Waals surface area contributed by atoms with Crippen LogP contribution in [0.5, 0.6) is 0 Å². The first-order chi connectivity index (χ1) is 10.2. The molecule has 0 aliphatic carbocycles. The maximum atomic E-state index is 12.0. The highest BCUT2D eigenvalue weighted by atomic mass is 32.2. The van der Waals surface area contributed by atoms with Gasteiger partial charge in [0.15, 0.2) is 9.84 Å². The lowest BCUT2D eigenvalue weighted by Gasteiger charge is -2.25. The molecule has 2 saturated heterocycles. The fourth-order valence-corrected chi connectivity index (χ4v) is 5.65. The van der Waals surface area contributed by atoms with Crippen LogP contribution in [0.3, 0.4) is 0 Å². The van der Waals surface area contributed by atoms with Gasteiger partial charge in [-0.3, -0.25) is 4.79 Å². The molecule has 128 valence electrons. The van der Waals surface area contributed by atoms with Crippen LogP contribution >= 0.6 is 0 Å². The van der Waals surface area contributed by atoms with Crippen molar-refractivity contribution >= 4 is 25.8 Å². The van der Waals surface area contributed by atoms with Crippen LogP contribution in [0.1, 0.15) is 19.3 Å². The van der Waals surface area contributed by atoms with Gasteiger partial charge < -0.3 is 10.1 Å². The molecule has 2 rings (SSSR count). The first kappa shape index (κ1) is 17.6. The first-order valence-electron chi connectivity index (χ1n) is 7.23. The number of rotatable bonds is 6. The van der Waals surface area contributed by atoms with Crippen molar-refractivity contribution in [1.29, 1.82) is 0 Å². The molecule has 2 aliphatic rings. The number of hydrogen-bond acceptors (Lipinski definition) is 6. The lowest BCUT2D eigenvalue weighted by Crippen LogP contribution is -2.47. The van der Waals surface area contributed by atoms with Gasteiger partial charge in [0.05, 0.1) is 30.4 Å². The van der Waals surface area contributed by atoms with E-state index in [0.717, 1.165) is 23.4 Å². The molecule has 0 spiro atoms. The Morgan fingerprint density at radius 2 is 2.09 bits per heavy atom. The van der Waals surface area contributed by atoms with Gasteiger partial charge in [0.2, 0.25) is 15.9 Å². The minimum atomic E-state index is -3.65. The molecule has 1 amide bonds. The van der Waals surface area contributed by atoms with Crippen LogP contribution < -0.4 is 5.32 Å². The van der Waals surface area contributed by atoms with Crippen molar-refractivity contribution in [2.24, 2.45) is 0 Å². The van der Waals surface area contributed by atoms with E-state index >= 15 is 0 Å². The summed E-state index contributed by atoms with van der Waals surface area (Å²) in [7, 11) is -6.87. The van der Waals surface area contributed by atoms with Gasteiger partial charge in [-0.1, -0.05) is 0 Å². The Morgan fingerprint density at radius 3 is 2.59 bits per heavy atom. The van der Waals surface area contributed by atoms with Crippen molar-refractivity contribution in [3.8, 4) is 0 Å². The molecule has 2 unspecified atom stereocenters. The number of hydrogen-bond donors (Lipinski definition) is 1. The van der Waals surface area contributed by atoms with E-state index < -0.39 is 31.8 Å². The molecule has 0 bridgehead atoms. The quantitative estimate of drug-likeness (QED) is 0.637. The predicted molar refractivity (Wildman–Crippen MR) is 80.6 cm³/mol. The molecule has 10 heteroatoms. The summed E-state index contributed by atoms with van der Waals surface area (Å²) in [5.41, 5.74) is 0. The molecule has 0 saturated carbocycles. The number of sulfone groups is 1. The van der Waals surface area contributed by atoms with Crippen molar-refractivity contribution in [3.63, 3.8) is 0 Å². The monoisotopic (exact) mass is 354 g/mol. The summed E-state index contributed by atoms with van der Waals surface area (Å²) in [4.78, 5) is 12.0. The van der Waals surface area contributed by atoms with Crippen molar-refractivity contribution in [2.75, 3.05) is 37.5 Å². The second kappa shape index (κ2) is 6.81. The summed E-state index contributed by atoms with van der Waals surface area (Å²) in [6.07, 6.45) is 3.02. The number of nitrogens with zero attached hydrogens (tertiary/aromatic N) is 1. The standard InChI is InChI=1S/C12H22N2O6S2/c1-21(16,17)14(10-4-6-22(18,19)9-10)8-12(15)13-7-11-3-2-5-20-11/h10-11H,2-9H2,1H3,(H,13,15). The molecule has 8 nitrogen and oxygen atoms in total. The highest BCUT2D eigenvalue weighted by Crippen LogP contribution is 2.20. The lowest BCUT2D eigenvalue weighted by atomic mass is 10.2. The molecule has 2 aliphatic heterocycles. The number of carbonyl (C=O) groups is 1. The van der Waals surface area contributed by atoms with E-state index in [1.165, 1.54) is 0 Å². The van der Waals surface area contributed by atoms with E-state index in [2.05, 4.69) is 5.32 Å². The van der Waals surface area contributed by atoms with Crippen molar-refractivity contribution in [1.82, 2.24) is 9.62 Å². The van der Waals surface area contributed by atoms with E-state index in [1.54, 1.807) is 0 Å². The molecule has 2 atom stereocenters. The zero-order valence-corrected chi connectivity index (χ0v) is 14.2. The van der Waals surface area contributed by atoms with Crippen LogP contribution in [-0.2, 0) is 29.4 Å². The third kappa shape index (κ3) is 4.90. The van der Waals surface area contributed by atoms with Crippen molar-refractivity contribution in [2.45, 2.75) is 31.4 Å². The predicted octanol–water partition coefficient (Wildman–Crippen LogP) is -1.27. The van der Waals surface area contributed by atoms with E-state index in [-0.39, 0.29) is 30.6 Å². The van der Waals surface area contributed by atoms with E-state index in [4.69, 9.17) is 4.74 Å². The Labute approximate surface area is 131 Å². The molecular weight excluding hydrogens is 332 g/mol. The van der Waals surface area contributed by atoms with Crippen LogP contribution in [0, 0.1) is 0 Å². The van der Waals surface area contributed by atoms with Crippen LogP contribution in [0.2, 0.25) is 0 Å². The highest BCUT2D eigenvalue weighted by molar-refractivity contribution is 7.92. The van der Waals surface area contributed by atoms with Gasteiger partial charge in [-0.05, 0) is 19.3 Å². The molecule has 0 aromatic rings. The zero-order valence-electron chi connectivity index (χ0n) is 12.5. The fraction of sp³-hybridized carbons (Fsp3) is 0.917. The SMILES string of the molecule is CS(=O)(=O)N(CC(=O)NCC1CCCO1)C1CCS(=O)(=O)C1. The first-order valence-corrected chi connectivity index (χ1v) is 10.9. The molecule has 0 aromatic heterocycles. The summed E-state index contributed by atoms with van der Waals surface area (Å²) >= 11 is 0. The van der Waals surface area contributed by atoms with Crippen LogP contribution in [0.4, 0.5) is 0 Å². The normalized spacial score (nSPS) is 28.1. The van der Waals surface area contributed by atoms with E-state index in [1.807, 2.05) is 0 Å². The second-order valence-corrected chi connectivity index (χ2v) is 9.97. The Morgan fingerprint density at radius 1 is 1.36 bits per heavy atom. The third-order valence-corrected chi connectivity index (χ3v) is 6.92. The smallest absolute Gasteiger partial charge is 0.235 e. The minimum Gasteiger partial charge on any atom is -0.376 e. The second-order valence-electron chi connectivity index (χ2n) is 5.80. The van der Waals surface area contributed by atoms with Crippen molar-refractivity contribution in [3.05, 3.63) is 0 Å². The molecule has 2 fully saturated rings. The van der Waals surface area contributed by atoms with Gasteiger partial charge in [-0.25, -0.2) is 16.8 Å². The Bertz CT molecular complexity index is 610. The third-order valence-electron chi connectivity index (χ3n) is 3.89. The summed E-state index contributed by atoms with van der Waals surface area (Å²) in [5.74, 6) is -0.703. The summed E-state index contributed by atoms with van der Waals surface area (Å²) in [5, 5.41) is 2.65. The number of amides is 1. The Kier molecular flexibility index (Phi) is 5.46. The Hall–Kier alpha value is -0.710. The Balaban J connectivity index is 1.93. The average molecular weight is 354 g/mol. The van der Waals surface area contributed by atoms with Gasteiger partial charge in [0.25, 0.3) is 0 Å². The maximum Gasteiger partial charge on any atom is 0.235 e. The van der Waals surface area contributed by atoms with Crippen LogP contribution in [-0.4, -0.2) is 76.7 Å². The van der Waals surface area contributed by atoms with Crippen LogP contribution in [0.25, 0.3) is 0 Å². The van der Waals surface area contributed by atoms with Gasteiger partial charge in [-0.2, -0.15) is 4.31 Å². The van der Waals surface area contributed by atoms with Crippen LogP contribution in [0.15, 0.2) is 0 Å². The maximum absolute atomic E-state index is 12.0. The number of nitrogens with one attached hydrogen (secondary N) is 1. The molecule has 22 heavy (non-hydrogen) atoms.